The Kier molecular flexibility index (Phi) is 5.72. The molecule has 0 bridgehead atoms. The van der Waals surface area contributed by atoms with E-state index in [2.05, 4.69) is 20.2 Å². The zero-order valence-electron chi connectivity index (χ0n) is 16.4. The highest BCUT2D eigenvalue weighted by atomic mass is 35.5. The third-order valence-corrected chi connectivity index (χ3v) is 7.18. The Morgan fingerprint density at radius 1 is 1.30 bits per heavy atom. The molecule has 0 saturated carbocycles. The molecule has 1 atom stereocenters. The zero-order valence-corrected chi connectivity index (χ0v) is 18.0. The van der Waals surface area contributed by atoms with E-state index < -0.39 is 10.0 Å². The van der Waals surface area contributed by atoms with E-state index in [0.29, 0.717) is 35.3 Å². The molecule has 0 spiro atoms. The maximum Gasteiger partial charge on any atom is 0.251 e. The summed E-state index contributed by atoms with van der Waals surface area (Å²) in [5.41, 5.74) is 1.38. The van der Waals surface area contributed by atoms with Crippen LogP contribution in [-0.2, 0) is 10.0 Å². The van der Waals surface area contributed by atoms with Crippen molar-refractivity contribution in [3.05, 3.63) is 47.3 Å². The maximum atomic E-state index is 13.3. The van der Waals surface area contributed by atoms with E-state index in [-0.39, 0.29) is 23.1 Å². The van der Waals surface area contributed by atoms with Crippen LogP contribution in [0.1, 0.15) is 30.3 Å². The van der Waals surface area contributed by atoms with E-state index in [9.17, 15) is 8.42 Å². The Morgan fingerprint density at radius 2 is 2.13 bits per heavy atom. The molecule has 11 heteroatoms. The molecule has 3 heterocycles. The van der Waals surface area contributed by atoms with Crippen LogP contribution >= 0.6 is 11.6 Å². The van der Waals surface area contributed by atoms with E-state index >= 15 is 0 Å². The van der Waals surface area contributed by atoms with Crippen molar-refractivity contribution in [2.24, 2.45) is 0 Å². The fourth-order valence-electron chi connectivity index (χ4n) is 3.46. The fraction of sp³-hybridized carbons (Fsp3) is 0.368. The molecule has 1 aromatic carbocycles. The van der Waals surface area contributed by atoms with Crippen molar-refractivity contribution in [1.82, 2.24) is 24.5 Å². The number of piperidine rings is 1. The van der Waals surface area contributed by atoms with Gasteiger partial charge in [0.25, 0.3) is 5.89 Å². The van der Waals surface area contributed by atoms with Gasteiger partial charge in [-0.25, -0.2) is 18.4 Å². The van der Waals surface area contributed by atoms with Crippen LogP contribution in [0.25, 0.3) is 11.5 Å². The summed E-state index contributed by atoms with van der Waals surface area (Å²) in [6.07, 6.45) is 4.47. The Bertz CT molecular complexity index is 1170. The van der Waals surface area contributed by atoms with E-state index in [4.69, 9.17) is 20.8 Å². The van der Waals surface area contributed by atoms with Gasteiger partial charge in [0, 0.05) is 24.3 Å². The molecule has 0 radical (unpaired) electrons. The van der Waals surface area contributed by atoms with Gasteiger partial charge in [-0.1, -0.05) is 11.6 Å². The average molecular weight is 450 g/mol. The molecule has 0 aliphatic carbocycles. The van der Waals surface area contributed by atoms with Crippen LogP contribution in [0.15, 0.2) is 40.0 Å². The Hall–Kier alpha value is -2.56. The summed E-state index contributed by atoms with van der Waals surface area (Å²) >= 11 is 6.04. The maximum absolute atomic E-state index is 13.3. The standard InChI is InChI=1S/C19H20ClN5O4S/c1-12-15(9-21-11-22-12)19-24-23-18(29-19)13-4-3-7-25(10-13)30(26,27)17-8-14(20)5-6-16(17)28-2/h5-6,8-9,11,13H,3-4,7,10H2,1-2H3. The minimum Gasteiger partial charge on any atom is -0.495 e. The number of methoxy groups -OCH3 is 1. The second kappa shape index (κ2) is 8.29. The average Bonchev–Trinajstić information content (AvgIpc) is 3.24. The predicted octanol–water partition coefficient (Wildman–Crippen LogP) is 3.07. The van der Waals surface area contributed by atoms with E-state index in [1.807, 2.05) is 6.92 Å². The van der Waals surface area contributed by atoms with Crippen molar-refractivity contribution in [2.45, 2.75) is 30.6 Å². The predicted molar refractivity (Wildman–Crippen MR) is 109 cm³/mol. The third-order valence-electron chi connectivity index (χ3n) is 5.06. The number of hydrogen-bond donors (Lipinski definition) is 0. The van der Waals surface area contributed by atoms with Crippen LogP contribution in [0.3, 0.4) is 0 Å². The normalized spacial score (nSPS) is 17.8. The van der Waals surface area contributed by atoms with Gasteiger partial charge in [0.15, 0.2) is 0 Å². The van der Waals surface area contributed by atoms with Crippen molar-refractivity contribution in [1.29, 1.82) is 0 Å². The van der Waals surface area contributed by atoms with Crippen molar-refractivity contribution >= 4 is 21.6 Å². The van der Waals surface area contributed by atoms with Crippen LogP contribution in [-0.4, -0.2) is 53.1 Å². The molecule has 9 nitrogen and oxygen atoms in total. The Balaban J connectivity index is 1.60. The molecule has 1 unspecified atom stereocenters. The molecule has 4 rings (SSSR count). The largest absolute Gasteiger partial charge is 0.495 e. The lowest BCUT2D eigenvalue weighted by Gasteiger charge is -2.30. The summed E-state index contributed by atoms with van der Waals surface area (Å²) in [5.74, 6) is 0.747. The van der Waals surface area contributed by atoms with Gasteiger partial charge in [-0.15, -0.1) is 10.2 Å². The van der Waals surface area contributed by atoms with Crippen molar-refractivity contribution in [3.63, 3.8) is 0 Å². The van der Waals surface area contributed by atoms with Crippen LogP contribution in [0.2, 0.25) is 5.02 Å². The van der Waals surface area contributed by atoms with Gasteiger partial charge in [0.1, 0.15) is 17.0 Å². The number of aryl methyl sites for hydroxylation is 1. The lowest BCUT2D eigenvalue weighted by atomic mass is 10.00. The molecule has 158 valence electrons. The highest BCUT2D eigenvalue weighted by Crippen LogP contribution is 2.34. The molecule has 1 saturated heterocycles. The SMILES string of the molecule is COc1ccc(Cl)cc1S(=O)(=O)N1CCCC(c2nnc(-c3cncnc3C)o2)C1. The summed E-state index contributed by atoms with van der Waals surface area (Å²) in [6, 6.07) is 4.54. The summed E-state index contributed by atoms with van der Waals surface area (Å²) in [6.45, 7) is 2.44. The van der Waals surface area contributed by atoms with Gasteiger partial charge in [0.05, 0.1) is 24.3 Å². The first-order valence-electron chi connectivity index (χ1n) is 9.34. The van der Waals surface area contributed by atoms with E-state index in [1.54, 1.807) is 18.3 Å². The molecule has 0 amide bonds. The number of sulfonamides is 1. The summed E-state index contributed by atoms with van der Waals surface area (Å²) in [4.78, 5) is 8.17. The molecule has 1 aliphatic heterocycles. The lowest BCUT2D eigenvalue weighted by molar-refractivity contribution is 0.285. The first-order chi connectivity index (χ1) is 14.4. The monoisotopic (exact) mass is 449 g/mol. The summed E-state index contributed by atoms with van der Waals surface area (Å²) in [7, 11) is -2.38. The lowest BCUT2D eigenvalue weighted by Crippen LogP contribution is -2.39. The van der Waals surface area contributed by atoms with E-state index in [0.717, 1.165) is 12.1 Å². The van der Waals surface area contributed by atoms with Gasteiger partial charge < -0.3 is 9.15 Å². The van der Waals surface area contributed by atoms with E-state index in [1.165, 1.54) is 23.8 Å². The van der Waals surface area contributed by atoms with Crippen LogP contribution in [0, 0.1) is 6.92 Å². The molecule has 1 fully saturated rings. The minimum atomic E-state index is -3.81. The quantitative estimate of drug-likeness (QED) is 0.584. The topological polar surface area (TPSA) is 111 Å². The number of benzene rings is 1. The van der Waals surface area contributed by atoms with Gasteiger partial charge in [-0.05, 0) is 38.0 Å². The zero-order chi connectivity index (χ0) is 21.3. The van der Waals surface area contributed by atoms with Crippen LogP contribution < -0.4 is 4.74 Å². The Morgan fingerprint density at radius 3 is 2.90 bits per heavy atom. The smallest absolute Gasteiger partial charge is 0.251 e. The van der Waals surface area contributed by atoms with Gasteiger partial charge in [-0.2, -0.15) is 4.31 Å². The molecule has 0 N–H and O–H groups in total. The first-order valence-corrected chi connectivity index (χ1v) is 11.2. The second-order valence-electron chi connectivity index (χ2n) is 6.96. The number of rotatable bonds is 5. The van der Waals surface area contributed by atoms with Gasteiger partial charge >= 0.3 is 0 Å². The molecular formula is C19H20ClN5O4S. The van der Waals surface area contributed by atoms with Gasteiger partial charge in [0.2, 0.25) is 15.9 Å². The van der Waals surface area contributed by atoms with Crippen LogP contribution in [0.4, 0.5) is 0 Å². The number of hydrogen-bond acceptors (Lipinski definition) is 8. The molecular weight excluding hydrogens is 430 g/mol. The number of nitrogens with zero attached hydrogens (tertiary/aromatic N) is 5. The van der Waals surface area contributed by atoms with Crippen molar-refractivity contribution in [3.8, 4) is 17.2 Å². The molecule has 1 aliphatic rings. The summed E-state index contributed by atoms with van der Waals surface area (Å²) in [5, 5.41) is 8.58. The highest BCUT2D eigenvalue weighted by molar-refractivity contribution is 7.89. The van der Waals surface area contributed by atoms with Crippen molar-refractivity contribution < 1.29 is 17.6 Å². The first kappa shape index (κ1) is 20.7. The third kappa shape index (κ3) is 3.90. The van der Waals surface area contributed by atoms with Crippen molar-refractivity contribution in [2.75, 3.05) is 20.2 Å². The molecule has 3 aromatic rings. The molecule has 30 heavy (non-hydrogen) atoms. The molecule has 2 aromatic heterocycles. The van der Waals surface area contributed by atoms with Gasteiger partial charge in [-0.3, -0.25) is 0 Å². The minimum absolute atomic E-state index is 0.0430. The van der Waals surface area contributed by atoms with Crippen LogP contribution in [0.5, 0.6) is 5.75 Å². The highest BCUT2D eigenvalue weighted by Gasteiger charge is 2.35. The number of aromatic nitrogens is 4. The number of ether oxygens (including phenoxy) is 1. The number of halogens is 1. The second-order valence-corrected chi connectivity index (χ2v) is 9.31. The Labute approximate surface area is 179 Å². The fourth-order valence-corrected chi connectivity index (χ4v) is 5.40. The summed E-state index contributed by atoms with van der Waals surface area (Å²) < 4.78 is 39.0.